The molecule has 0 aliphatic heterocycles. The van der Waals surface area contributed by atoms with E-state index in [-0.39, 0.29) is 0 Å². The van der Waals surface area contributed by atoms with Crippen LogP contribution in [0.2, 0.25) is 0 Å². The van der Waals surface area contributed by atoms with Crippen LogP contribution < -0.4 is 0 Å². The van der Waals surface area contributed by atoms with Gasteiger partial charge in [-0.15, -0.1) is 0 Å². The van der Waals surface area contributed by atoms with Crippen molar-refractivity contribution in [3.63, 3.8) is 0 Å². The van der Waals surface area contributed by atoms with Gasteiger partial charge < -0.3 is 4.40 Å². The van der Waals surface area contributed by atoms with Gasteiger partial charge in [-0.1, -0.05) is 6.92 Å². The summed E-state index contributed by atoms with van der Waals surface area (Å²) in [5, 5.41) is 0. The minimum Gasteiger partial charge on any atom is -0.301 e. The Morgan fingerprint density at radius 1 is 1.42 bits per heavy atom. The molecule has 0 amide bonds. The smallest absolute Gasteiger partial charge is 0.158 e. The Hall–Kier alpha value is -1.38. The molecule has 0 fully saturated rings. The second-order valence-electron chi connectivity index (χ2n) is 2.81. The maximum absolute atomic E-state index is 4.27. The highest BCUT2D eigenvalue weighted by atomic mass is 15.0. The van der Waals surface area contributed by atoms with Crippen molar-refractivity contribution < 1.29 is 0 Å². The lowest BCUT2D eigenvalue weighted by atomic mass is 10.3. The number of imidazole rings is 1. The minimum absolute atomic E-state index is 0.967. The van der Waals surface area contributed by atoms with Crippen LogP contribution in [-0.2, 0) is 6.42 Å². The molecule has 0 aliphatic carbocycles. The van der Waals surface area contributed by atoms with E-state index in [9.17, 15) is 0 Å². The van der Waals surface area contributed by atoms with E-state index in [2.05, 4.69) is 21.3 Å². The molecule has 0 radical (unpaired) electrons. The molecule has 0 atom stereocenters. The fourth-order valence-corrected chi connectivity index (χ4v) is 1.36. The van der Waals surface area contributed by atoms with Gasteiger partial charge in [-0.05, 0) is 13.3 Å². The van der Waals surface area contributed by atoms with E-state index in [0.29, 0.717) is 0 Å². The molecule has 0 aliphatic rings. The number of fused-ring (bicyclic) bond motifs is 1. The molecule has 0 aromatic carbocycles. The fraction of sp³-hybridized carbons (Fsp3) is 0.333. The van der Waals surface area contributed by atoms with E-state index in [1.807, 2.05) is 25.5 Å². The van der Waals surface area contributed by atoms with Gasteiger partial charge in [-0.3, -0.25) is 4.98 Å². The van der Waals surface area contributed by atoms with E-state index < -0.39 is 0 Å². The van der Waals surface area contributed by atoms with Crippen LogP contribution in [0.25, 0.3) is 5.65 Å². The summed E-state index contributed by atoms with van der Waals surface area (Å²) < 4.78 is 2.09. The molecule has 2 aromatic heterocycles. The summed E-state index contributed by atoms with van der Waals surface area (Å²) >= 11 is 0. The number of aromatic nitrogens is 3. The van der Waals surface area contributed by atoms with Crippen molar-refractivity contribution >= 4 is 5.65 Å². The van der Waals surface area contributed by atoms with Crippen LogP contribution in [0.1, 0.15) is 18.3 Å². The Balaban J connectivity index is 2.82. The molecule has 0 saturated heterocycles. The molecule has 2 heterocycles. The predicted molar refractivity (Wildman–Crippen MR) is 47.1 cm³/mol. The Labute approximate surface area is 71.1 Å². The van der Waals surface area contributed by atoms with Crippen molar-refractivity contribution in [1.29, 1.82) is 0 Å². The molecule has 0 bridgehead atoms. The van der Waals surface area contributed by atoms with Gasteiger partial charge in [0.2, 0.25) is 0 Å². The topological polar surface area (TPSA) is 30.2 Å². The maximum Gasteiger partial charge on any atom is 0.158 e. The molecule has 0 unspecified atom stereocenters. The van der Waals surface area contributed by atoms with Crippen molar-refractivity contribution in [1.82, 2.24) is 14.4 Å². The van der Waals surface area contributed by atoms with E-state index in [4.69, 9.17) is 0 Å². The molecule has 2 aromatic rings. The highest BCUT2D eigenvalue weighted by Crippen LogP contribution is 2.08. The van der Waals surface area contributed by atoms with Crippen LogP contribution in [0.4, 0.5) is 0 Å². The summed E-state index contributed by atoms with van der Waals surface area (Å²) in [6, 6.07) is 0. The molecular formula is C9H11N3. The van der Waals surface area contributed by atoms with E-state index in [1.165, 1.54) is 5.69 Å². The third kappa shape index (κ3) is 0.897. The van der Waals surface area contributed by atoms with Crippen LogP contribution in [0, 0.1) is 6.92 Å². The zero-order chi connectivity index (χ0) is 8.55. The molecule has 0 saturated carbocycles. The molecule has 3 nitrogen and oxygen atoms in total. The number of aryl methyl sites for hydroxylation is 2. The molecule has 0 N–H and O–H groups in total. The lowest BCUT2D eigenvalue weighted by molar-refractivity contribution is 0.937. The van der Waals surface area contributed by atoms with Crippen molar-refractivity contribution in [2.24, 2.45) is 0 Å². The van der Waals surface area contributed by atoms with Crippen LogP contribution in [0.3, 0.4) is 0 Å². The summed E-state index contributed by atoms with van der Waals surface area (Å²) in [7, 11) is 0. The van der Waals surface area contributed by atoms with Crippen molar-refractivity contribution in [2.45, 2.75) is 20.3 Å². The molecule has 2 rings (SSSR count). The van der Waals surface area contributed by atoms with Gasteiger partial charge in [0.05, 0.1) is 5.69 Å². The first-order valence-corrected chi connectivity index (χ1v) is 4.10. The predicted octanol–water partition coefficient (Wildman–Crippen LogP) is 1.60. The highest BCUT2D eigenvalue weighted by Gasteiger charge is 2.02. The SMILES string of the molecule is CCc1cnc(C)c2nccn12. The molecule has 62 valence electrons. The monoisotopic (exact) mass is 161 g/mol. The fourth-order valence-electron chi connectivity index (χ4n) is 1.36. The van der Waals surface area contributed by atoms with E-state index in [0.717, 1.165) is 17.8 Å². The number of hydrogen-bond donors (Lipinski definition) is 0. The van der Waals surface area contributed by atoms with Gasteiger partial charge in [0.1, 0.15) is 0 Å². The lowest BCUT2D eigenvalue weighted by Crippen LogP contribution is -1.98. The Morgan fingerprint density at radius 2 is 2.25 bits per heavy atom. The van der Waals surface area contributed by atoms with Gasteiger partial charge in [0.25, 0.3) is 0 Å². The minimum atomic E-state index is 0.967. The van der Waals surface area contributed by atoms with E-state index >= 15 is 0 Å². The van der Waals surface area contributed by atoms with Crippen molar-refractivity contribution in [3.05, 3.63) is 30.0 Å². The summed E-state index contributed by atoms with van der Waals surface area (Å²) in [6.45, 7) is 4.09. The Morgan fingerprint density at radius 3 is 3.00 bits per heavy atom. The third-order valence-electron chi connectivity index (χ3n) is 2.04. The first kappa shape index (κ1) is 7.28. The lowest BCUT2D eigenvalue weighted by Gasteiger charge is -2.02. The molecule has 12 heavy (non-hydrogen) atoms. The average Bonchev–Trinajstić information content (AvgIpc) is 2.54. The summed E-state index contributed by atoms with van der Waals surface area (Å²) in [4.78, 5) is 8.49. The zero-order valence-electron chi connectivity index (χ0n) is 7.28. The molecule has 3 heteroatoms. The van der Waals surface area contributed by atoms with Crippen LogP contribution >= 0.6 is 0 Å². The van der Waals surface area contributed by atoms with Crippen molar-refractivity contribution in [2.75, 3.05) is 0 Å². The van der Waals surface area contributed by atoms with Gasteiger partial charge in [0, 0.05) is 24.3 Å². The van der Waals surface area contributed by atoms with Gasteiger partial charge >= 0.3 is 0 Å². The zero-order valence-corrected chi connectivity index (χ0v) is 7.28. The summed E-state index contributed by atoms with van der Waals surface area (Å²) in [6.07, 6.45) is 6.68. The third-order valence-corrected chi connectivity index (χ3v) is 2.04. The second kappa shape index (κ2) is 2.59. The second-order valence-corrected chi connectivity index (χ2v) is 2.81. The highest BCUT2D eigenvalue weighted by molar-refractivity contribution is 5.43. The standard InChI is InChI=1S/C9H11N3/c1-3-8-6-11-7(2)9-10-4-5-12(8)9/h4-6H,3H2,1-2H3. The van der Waals surface area contributed by atoms with E-state index in [1.54, 1.807) is 0 Å². The Bertz CT molecular complexity index is 403. The quantitative estimate of drug-likeness (QED) is 0.636. The van der Waals surface area contributed by atoms with Crippen LogP contribution in [0.15, 0.2) is 18.6 Å². The number of rotatable bonds is 1. The molecule has 0 spiro atoms. The maximum atomic E-state index is 4.27. The summed E-state index contributed by atoms with van der Waals surface area (Å²) in [5.41, 5.74) is 3.15. The van der Waals surface area contributed by atoms with Crippen molar-refractivity contribution in [3.8, 4) is 0 Å². The van der Waals surface area contributed by atoms with Gasteiger partial charge in [0.15, 0.2) is 5.65 Å². The molecular weight excluding hydrogens is 150 g/mol. The Kier molecular flexibility index (Phi) is 1.57. The van der Waals surface area contributed by atoms with Crippen LogP contribution in [0.5, 0.6) is 0 Å². The number of hydrogen-bond acceptors (Lipinski definition) is 2. The number of nitrogens with zero attached hydrogens (tertiary/aromatic N) is 3. The first-order valence-electron chi connectivity index (χ1n) is 4.10. The first-order chi connectivity index (χ1) is 5.83. The van der Waals surface area contributed by atoms with Crippen LogP contribution in [-0.4, -0.2) is 14.4 Å². The normalized spacial score (nSPS) is 10.8. The van der Waals surface area contributed by atoms with Gasteiger partial charge in [-0.25, -0.2) is 4.98 Å². The largest absolute Gasteiger partial charge is 0.301 e. The van der Waals surface area contributed by atoms with Gasteiger partial charge in [-0.2, -0.15) is 0 Å². The average molecular weight is 161 g/mol. The summed E-state index contributed by atoms with van der Waals surface area (Å²) in [5.74, 6) is 0.